The van der Waals surface area contributed by atoms with Gasteiger partial charge in [-0.2, -0.15) is 0 Å². The van der Waals surface area contributed by atoms with Gasteiger partial charge in [-0.3, -0.25) is 0 Å². The lowest BCUT2D eigenvalue weighted by Gasteiger charge is -2.07. The molecule has 2 rings (SSSR count). The standard InChI is InChI=1S/C10H10Cl2N2/c1-6(2)14-5-13-9-3-7(11)8(12)4-10(9)14/h3-6H,1-2H3. The summed E-state index contributed by atoms with van der Waals surface area (Å²) in [6.45, 7) is 4.20. The number of halogens is 2. The SMILES string of the molecule is CC(C)n1cnc2cc(Cl)c(Cl)cc21. The zero-order valence-corrected chi connectivity index (χ0v) is 9.47. The summed E-state index contributed by atoms with van der Waals surface area (Å²) in [5.41, 5.74) is 1.91. The van der Waals surface area contributed by atoms with E-state index in [-0.39, 0.29) is 0 Å². The van der Waals surface area contributed by atoms with Crippen molar-refractivity contribution in [1.29, 1.82) is 0 Å². The molecule has 2 aromatic rings. The van der Waals surface area contributed by atoms with Crippen molar-refractivity contribution in [2.24, 2.45) is 0 Å². The Labute approximate surface area is 92.5 Å². The second-order valence-electron chi connectivity index (χ2n) is 3.50. The second kappa shape index (κ2) is 3.44. The number of hydrogen-bond donors (Lipinski definition) is 0. The van der Waals surface area contributed by atoms with Crippen LogP contribution in [0.3, 0.4) is 0 Å². The van der Waals surface area contributed by atoms with Crippen molar-refractivity contribution in [3.63, 3.8) is 0 Å². The predicted octanol–water partition coefficient (Wildman–Crippen LogP) is 3.92. The topological polar surface area (TPSA) is 17.8 Å². The highest BCUT2D eigenvalue weighted by molar-refractivity contribution is 6.42. The van der Waals surface area contributed by atoms with E-state index < -0.39 is 0 Å². The number of fused-ring (bicyclic) bond motifs is 1. The molecule has 0 radical (unpaired) electrons. The van der Waals surface area contributed by atoms with Gasteiger partial charge < -0.3 is 4.57 Å². The van der Waals surface area contributed by atoms with E-state index in [0.717, 1.165) is 11.0 Å². The number of aromatic nitrogens is 2. The van der Waals surface area contributed by atoms with E-state index in [1.54, 1.807) is 6.07 Å². The zero-order chi connectivity index (χ0) is 10.3. The first-order valence-electron chi connectivity index (χ1n) is 4.41. The van der Waals surface area contributed by atoms with E-state index in [0.29, 0.717) is 16.1 Å². The zero-order valence-electron chi connectivity index (χ0n) is 7.96. The monoisotopic (exact) mass is 228 g/mol. The number of benzene rings is 1. The third kappa shape index (κ3) is 1.49. The first kappa shape index (κ1) is 9.81. The third-order valence-corrected chi connectivity index (χ3v) is 2.90. The van der Waals surface area contributed by atoms with Crippen molar-refractivity contribution in [3.05, 3.63) is 28.5 Å². The van der Waals surface area contributed by atoms with E-state index in [4.69, 9.17) is 23.2 Å². The second-order valence-corrected chi connectivity index (χ2v) is 4.32. The van der Waals surface area contributed by atoms with Crippen LogP contribution in [-0.2, 0) is 0 Å². The van der Waals surface area contributed by atoms with Crippen molar-refractivity contribution in [1.82, 2.24) is 9.55 Å². The van der Waals surface area contributed by atoms with E-state index in [1.807, 2.05) is 12.4 Å². The summed E-state index contributed by atoms with van der Waals surface area (Å²) in [5, 5.41) is 1.12. The van der Waals surface area contributed by atoms with Gasteiger partial charge in [-0.25, -0.2) is 4.98 Å². The fourth-order valence-electron chi connectivity index (χ4n) is 1.43. The van der Waals surface area contributed by atoms with Crippen molar-refractivity contribution in [3.8, 4) is 0 Å². The van der Waals surface area contributed by atoms with E-state index in [9.17, 15) is 0 Å². The van der Waals surface area contributed by atoms with Gasteiger partial charge in [0.25, 0.3) is 0 Å². The molecule has 0 saturated carbocycles. The van der Waals surface area contributed by atoms with Crippen LogP contribution < -0.4 is 0 Å². The first-order chi connectivity index (χ1) is 6.59. The molecule has 4 heteroatoms. The predicted molar refractivity (Wildman–Crippen MR) is 60.1 cm³/mol. The molecule has 1 heterocycles. The Kier molecular flexibility index (Phi) is 2.41. The van der Waals surface area contributed by atoms with Crippen LogP contribution in [0.15, 0.2) is 18.5 Å². The summed E-state index contributed by atoms with van der Waals surface area (Å²) in [6, 6.07) is 4.02. The molecule has 0 atom stereocenters. The van der Waals surface area contributed by atoms with E-state index in [1.165, 1.54) is 0 Å². The molecular weight excluding hydrogens is 219 g/mol. The highest BCUT2D eigenvalue weighted by Gasteiger charge is 2.08. The van der Waals surface area contributed by atoms with Crippen LogP contribution in [0.5, 0.6) is 0 Å². The molecular formula is C10H10Cl2N2. The van der Waals surface area contributed by atoms with Gasteiger partial charge in [0.15, 0.2) is 0 Å². The summed E-state index contributed by atoms with van der Waals surface area (Å²) in [6.07, 6.45) is 1.81. The molecule has 0 aliphatic rings. The molecule has 0 fully saturated rings. The largest absolute Gasteiger partial charge is 0.328 e. The van der Waals surface area contributed by atoms with Gasteiger partial charge in [-0.05, 0) is 26.0 Å². The number of nitrogens with zero attached hydrogens (tertiary/aromatic N) is 2. The first-order valence-corrected chi connectivity index (χ1v) is 5.17. The fraction of sp³-hybridized carbons (Fsp3) is 0.300. The molecule has 0 spiro atoms. The lowest BCUT2D eigenvalue weighted by Crippen LogP contribution is -1.97. The molecule has 0 N–H and O–H groups in total. The van der Waals surface area contributed by atoms with Crippen LogP contribution in [0.4, 0.5) is 0 Å². The minimum absolute atomic E-state index is 0.372. The number of hydrogen-bond acceptors (Lipinski definition) is 1. The number of imidazole rings is 1. The van der Waals surface area contributed by atoms with Gasteiger partial charge in [-0.1, -0.05) is 23.2 Å². The van der Waals surface area contributed by atoms with Crippen LogP contribution in [0.25, 0.3) is 11.0 Å². The van der Waals surface area contributed by atoms with Crippen LogP contribution in [0.2, 0.25) is 10.0 Å². The van der Waals surface area contributed by atoms with Crippen LogP contribution in [0, 0.1) is 0 Å². The smallest absolute Gasteiger partial charge is 0.0960 e. The maximum atomic E-state index is 5.95. The third-order valence-electron chi connectivity index (χ3n) is 2.17. The van der Waals surface area contributed by atoms with Gasteiger partial charge >= 0.3 is 0 Å². The molecule has 0 unspecified atom stereocenters. The van der Waals surface area contributed by atoms with Gasteiger partial charge in [-0.15, -0.1) is 0 Å². The highest BCUT2D eigenvalue weighted by Crippen LogP contribution is 2.28. The Balaban J connectivity index is 2.74. The summed E-state index contributed by atoms with van der Waals surface area (Å²) in [7, 11) is 0. The van der Waals surface area contributed by atoms with Crippen LogP contribution >= 0.6 is 23.2 Å². The molecule has 14 heavy (non-hydrogen) atoms. The summed E-state index contributed by atoms with van der Waals surface area (Å²) >= 11 is 11.8. The molecule has 0 amide bonds. The molecule has 2 nitrogen and oxygen atoms in total. The van der Waals surface area contributed by atoms with Gasteiger partial charge in [0.2, 0.25) is 0 Å². The van der Waals surface area contributed by atoms with Gasteiger partial charge in [0.05, 0.1) is 27.4 Å². The summed E-state index contributed by atoms with van der Waals surface area (Å²) in [4.78, 5) is 4.26. The fourth-order valence-corrected chi connectivity index (χ4v) is 1.75. The minimum Gasteiger partial charge on any atom is -0.328 e. The van der Waals surface area contributed by atoms with E-state index >= 15 is 0 Å². The molecule has 0 aliphatic carbocycles. The molecule has 0 bridgehead atoms. The average Bonchev–Trinajstić information content (AvgIpc) is 2.48. The molecule has 0 saturated heterocycles. The van der Waals surface area contributed by atoms with Crippen LogP contribution in [-0.4, -0.2) is 9.55 Å². The van der Waals surface area contributed by atoms with Crippen molar-refractivity contribution in [2.45, 2.75) is 19.9 Å². The van der Waals surface area contributed by atoms with E-state index in [2.05, 4.69) is 23.4 Å². The summed E-state index contributed by atoms with van der Waals surface area (Å²) in [5.74, 6) is 0. The minimum atomic E-state index is 0.372. The molecule has 74 valence electrons. The van der Waals surface area contributed by atoms with Crippen LogP contribution in [0.1, 0.15) is 19.9 Å². The lowest BCUT2D eigenvalue weighted by atomic mass is 10.3. The Morgan fingerprint density at radius 2 is 1.86 bits per heavy atom. The molecule has 1 aromatic heterocycles. The quantitative estimate of drug-likeness (QED) is 0.724. The maximum Gasteiger partial charge on any atom is 0.0960 e. The lowest BCUT2D eigenvalue weighted by molar-refractivity contribution is 0.617. The van der Waals surface area contributed by atoms with Crippen molar-refractivity contribution >= 4 is 34.2 Å². The average molecular weight is 229 g/mol. The van der Waals surface area contributed by atoms with Gasteiger partial charge in [0.1, 0.15) is 0 Å². The Morgan fingerprint density at radius 3 is 2.50 bits per heavy atom. The van der Waals surface area contributed by atoms with Crippen molar-refractivity contribution < 1.29 is 0 Å². The Hall–Kier alpha value is -0.730. The van der Waals surface area contributed by atoms with Gasteiger partial charge in [0, 0.05) is 6.04 Å². The number of rotatable bonds is 1. The maximum absolute atomic E-state index is 5.95. The highest BCUT2D eigenvalue weighted by atomic mass is 35.5. The molecule has 1 aromatic carbocycles. The Bertz CT molecular complexity index is 474. The normalized spacial score (nSPS) is 11.5. The Morgan fingerprint density at radius 1 is 1.21 bits per heavy atom. The van der Waals surface area contributed by atoms with Crippen molar-refractivity contribution in [2.75, 3.05) is 0 Å². The summed E-state index contributed by atoms with van der Waals surface area (Å²) < 4.78 is 2.07. The molecule has 0 aliphatic heterocycles.